The Labute approximate surface area is 190 Å². The molecule has 0 saturated carbocycles. The maximum Gasteiger partial charge on any atom is 0.257 e. The van der Waals surface area contributed by atoms with Gasteiger partial charge in [-0.15, -0.1) is 0 Å². The van der Waals surface area contributed by atoms with Crippen LogP contribution in [0.3, 0.4) is 0 Å². The summed E-state index contributed by atoms with van der Waals surface area (Å²) in [5.74, 6) is 1.40. The number of anilines is 1. The average molecular weight is 433 g/mol. The minimum Gasteiger partial charge on any atom is -0.457 e. The highest BCUT2D eigenvalue weighted by Crippen LogP contribution is 2.26. The number of carbonyl (C=O) groups excluding carboxylic acids is 1. The fraction of sp³-hybridized carbons (Fsp3) is 0.333. The highest BCUT2D eigenvalue weighted by atomic mass is 16.5. The standard InChI is InChI=1S/C27H32N2O3/c1-5-17-31-19(3)18-23-13-16-25(20(4)28-23)27(30)29-22-11-14-24(15-12-22)32-26-10-8-7-9-21(26)6-2/h7-16,19H,5-6,17-18H2,1-4H3,(H,29,30). The highest BCUT2D eigenvalue weighted by molar-refractivity contribution is 6.05. The number of aryl methyl sites for hydroxylation is 2. The third kappa shape index (κ3) is 6.41. The molecule has 1 heterocycles. The lowest BCUT2D eigenvalue weighted by molar-refractivity contribution is 0.0663. The largest absolute Gasteiger partial charge is 0.457 e. The molecule has 0 fully saturated rings. The van der Waals surface area contributed by atoms with E-state index >= 15 is 0 Å². The predicted molar refractivity (Wildman–Crippen MR) is 129 cm³/mol. The second-order valence-corrected chi connectivity index (χ2v) is 7.86. The van der Waals surface area contributed by atoms with Crippen LogP contribution >= 0.6 is 0 Å². The molecule has 2 aromatic carbocycles. The van der Waals surface area contributed by atoms with Gasteiger partial charge in [0.1, 0.15) is 11.5 Å². The van der Waals surface area contributed by atoms with Crippen LogP contribution in [0.15, 0.2) is 60.7 Å². The lowest BCUT2D eigenvalue weighted by Crippen LogP contribution is -2.16. The van der Waals surface area contributed by atoms with Crippen molar-refractivity contribution in [2.45, 2.75) is 53.1 Å². The number of carbonyl (C=O) groups is 1. The number of para-hydroxylation sites is 1. The number of amides is 1. The molecule has 3 rings (SSSR count). The lowest BCUT2D eigenvalue weighted by Gasteiger charge is -2.14. The van der Waals surface area contributed by atoms with Crippen LogP contribution in [0.4, 0.5) is 5.69 Å². The number of hydrogen-bond acceptors (Lipinski definition) is 4. The number of hydrogen-bond donors (Lipinski definition) is 1. The fourth-order valence-corrected chi connectivity index (χ4v) is 3.47. The van der Waals surface area contributed by atoms with E-state index in [0.717, 1.165) is 48.6 Å². The zero-order valence-corrected chi connectivity index (χ0v) is 19.4. The van der Waals surface area contributed by atoms with Crippen molar-refractivity contribution >= 4 is 11.6 Å². The maximum absolute atomic E-state index is 12.8. The Morgan fingerprint density at radius 3 is 2.47 bits per heavy atom. The third-order valence-corrected chi connectivity index (χ3v) is 5.18. The summed E-state index contributed by atoms with van der Waals surface area (Å²) in [5, 5.41) is 2.94. The molecule has 0 saturated heterocycles. The number of benzene rings is 2. The minimum atomic E-state index is -0.179. The first-order chi connectivity index (χ1) is 15.5. The first kappa shape index (κ1) is 23.5. The molecule has 1 N–H and O–H groups in total. The van der Waals surface area contributed by atoms with Crippen LogP contribution < -0.4 is 10.1 Å². The second kappa shape index (κ2) is 11.4. The fourth-order valence-electron chi connectivity index (χ4n) is 3.47. The van der Waals surface area contributed by atoms with E-state index in [4.69, 9.17) is 9.47 Å². The van der Waals surface area contributed by atoms with E-state index in [0.29, 0.717) is 16.9 Å². The Bertz CT molecular complexity index is 1030. The normalized spacial score (nSPS) is 11.8. The second-order valence-electron chi connectivity index (χ2n) is 7.86. The summed E-state index contributed by atoms with van der Waals surface area (Å²) in [6, 6.07) is 19.1. The SMILES string of the molecule is CCCOC(C)Cc1ccc(C(=O)Nc2ccc(Oc3ccccc3CC)cc2)c(C)n1. The summed E-state index contributed by atoms with van der Waals surface area (Å²) in [7, 11) is 0. The van der Waals surface area contributed by atoms with Gasteiger partial charge < -0.3 is 14.8 Å². The van der Waals surface area contributed by atoms with Gasteiger partial charge in [-0.05, 0) is 74.7 Å². The maximum atomic E-state index is 12.8. The van der Waals surface area contributed by atoms with Crippen LogP contribution in [-0.4, -0.2) is 23.6 Å². The Kier molecular flexibility index (Phi) is 8.40. The highest BCUT2D eigenvalue weighted by Gasteiger charge is 2.13. The Balaban J connectivity index is 1.62. The number of nitrogens with one attached hydrogen (secondary N) is 1. The third-order valence-electron chi connectivity index (χ3n) is 5.18. The van der Waals surface area contributed by atoms with Crippen molar-refractivity contribution in [2.75, 3.05) is 11.9 Å². The van der Waals surface area contributed by atoms with Crippen molar-refractivity contribution < 1.29 is 14.3 Å². The monoisotopic (exact) mass is 432 g/mol. The molecule has 1 unspecified atom stereocenters. The molecule has 0 bridgehead atoms. The molecule has 5 heteroatoms. The lowest BCUT2D eigenvalue weighted by atomic mass is 10.1. The number of pyridine rings is 1. The molecule has 1 atom stereocenters. The van der Waals surface area contributed by atoms with E-state index in [1.54, 1.807) is 0 Å². The van der Waals surface area contributed by atoms with Crippen LogP contribution in [-0.2, 0) is 17.6 Å². The van der Waals surface area contributed by atoms with E-state index in [1.165, 1.54) is 0 Å². The molecular formula is C27H32N2O3. The molecule has 32 heavy (non-hydrogen) atoms. The number of ether oxygens (including phenoxy) is 2. The molecule has 0 aliphatic carbocycles. The molecule has 5 nitrogen and oxygen atoms in total. The Morgan fingerprint density at radius 2 is 1.78 bits per heavy atom. The Morgan fingerprint density at radius 1 is 1.03 bits per heavy atom. The quantitative estimate of drug-likeness (QED) is 0.405. The van der Waals surface area contributed by atoms with Gasteiger partial charge in [-0.2, -0.15) is 0 Å². The molecule has 1 amide bonds. The van der Waals surface area contributed by atoms with Crippen LogP contribution in [0.5, 0.6) is 11.5 Å². The number of aromatic nitrogens is 1. The van der Waals surface area contributed by atoms with Gasteiger partial charge >= 0.3 is 0 Å². The van der Waals surface area contributed by atoms with Crippen LogP contribution in [0.2, 0.25) is 0 Å². The average Bonchev–Trinajstić information content (AvgIpc) is 2.79. The van der Waals surface area contributed by atoms with Gasteiger partial charge in [-0.25, -0.2) is 0 Å². The summed E-state index contributed by atoms with van der Waals surface area (Å²) in [4.78, 5) is 17.4. The van der Waals surface area contributed by atoms with Crippen LogP contribution in [0, 0.1) is 6.92 Å². The smallest absolute Gasteiger partial charge is 0.257 e. The summed E-state index contributed by atoms with van der Waals surface area (Å²) in [6.45, 7) is 8.84. The predicted octanol–water partition coefficient (Wildman–Crippen LogP) is 6.35. The topological polar surface area (TPSA) is 60.5 Å². The molecule has 0 aliphatic rings. The molecule has 0 radical (unpaired) electrons. The van der Waals surface area contributed by atoms with E-state index in [-0.39, 0.29) is 12.0 Å². The molecule has 0 spiro atoms. The molecule has 1 aromatic heterocycles. The van der Waals surface area contributed by atoms with E-state index in [9.17, 15) is 4.79 Å². The van der Waals surface area contributed by atoms with Crippen LogP contribution in [0.25, 0.3) is 0 Å². The van der Waals surface area contributed by atoms with Gasteiger partial charge in [0.05, 0.1) is 17.4 Å². The van der Waals surface area contributed by atoms with Crippen molar-refractivity contribution in [1.29, 1.82) is 0 Å². The number of rotatable bonds is 10. The molecule has 3 aromatic rings. The van der Waals surface area contributed by atoms with Gasteiger partial charge in [0, 0.05) is 24.4 Å². The van der Waals surface area contributed by atoms with Crippen molar-refractivity contribution in [3.8, 4) is 11.5 Å². The molecule has 168 valence electrons. The zero-order chi connectivity index (χ0) is 22.9. The van der Waals surface area contributed by atoms with E-state index < -0.39 is 0 Å². The van der Waals surface area contributed by atoms with Gasteiger partial charge in [0.2, 0.25) is 0 Å². The first-order valence-electron chi connectivity index (χ1n) is 11.3. The first-order valence-corrected chi connectivity index (χ1v) is 11.3. The van der Waals surface area contributed by atoms with Crippen LogP contribution in [0.1, 0.15) is 54.5 Å². The summed E-state index contributed by atoms with van der Waals surface area (Å²) in [6.07, 6.45) is 2.73. The van der Waals surface area contributed by atoms with Crippen molar-refractivity contribution in [3.05, 3.63) is 83.2 Å². The number of nitrogens with zero attached hydrogens (tertiary/aromatic N) is 1. The minimum absolute atomic E-state index is 0.103. The van der Waals surface area contributed by atoms with Crippen molar-refractivity contribution in [3.63, 3.8) is 0 Å². The van der Waals surface area contributed by atoms with Gasteiger partial charge in [0.15, 0.2) is 0 Å². The van der Waals surface area contributed by atoms with Gasteiger partial charge in [0.25, 0.3) is 5.91 Å². The molecular weight excluding hydrogens is 400 g/mol. The summed E-state index contributed by atoms with van der Waals surface area (Å²) >= 11 is 0. The Hall–Kier alpha value is -3.18. The van der Waals surface area contributed by atoms with E-state index in [2.05, 4.69) is 30.2 Å². The summed E-state index contributed by atoms with van der Waals surface area (Å²) < 4.78 is 11.7. The van der Waals surface area contributed by atoms with E-state index in [1.807, 2.05) is 68.4 Å². The molecule has 0 aliphatic heterocycles. The van der Waals surface area contributed by atoms with Crippen molar-refractivity contribution in [2.24, 2.45) is 0 Å². The summed E-state index contributed by atoms with van der Waals surface area (Å²) in [5.41, 5.74) is 4.06. The zero-order valence-electron chi connectivity index (χ0n) is 19.4. The van der Waals surface area contributed by atoms with Gasteiger partial charge in [-0.3, -0.25) is 9.78 Å². The van der Waals surface area contributed by atoms with Gasteiger partial charge in [-0.1, -0.05) is 32.0 Å². The van der Waals surface area contributed by atoms with Crippen molar-refractivity contribution in [1.82, 2.24) is 4.98 Å².